The van der Waals surface area contributed by atoms with Crippen LogP contribution in [0.15, 0.2) is 188 Å². The topological polar surface area (TPSA) is 3.24 Å². The van der Waals surface area contributed by atoms with Crippen molar-refractivity contribution >= 4 is 81.5 Å². The Labute approximate surface area is 304 Å². The van der Waals surface area contributed by atoms with Gasteiger partial charge in [0.1, 0.15) is 0 Å². The van der Waals surface area contributed by atoms with Gasteiger partial charge in [0.15, 0.2) is 0 Å². The molecule has 10 rings (SSSR count). The van der Waals surface area contributed by atoms with Gasteiger partial charge in [-0.3, -0.25) is 0 Å². The molecular weight excluding hydrogens is 655 g/mol. The van der Waals surface area contributed by atoms with Gasteiger partial charge in [0.25, 0.3) is 0 Å². The van der Waals surface area contributed by atoms with Gasteiger partial charge in [-0.2, -0.15) is 0 Å². The summed E-state index contributed by atoms with van der Waals surface area (Å²) < 4.78 is 2.63. The van der Waals surface area contributed by atoms with Crippen molar-refractivity contribution in [1.29, 1.82) is 0 Å². The number of nitrogens with zero attached hydrogens (tertiary/aromatic N) is 1. The number of rotatable bonds is 6. The smallest absolute Gasteiger partial charge is 0.0462 e. The number of hydrogen-bond acceptors (Lipinski definition) is 3. The van der Waals surface area contributed by atoms with Crippen LogP contribution in [0.3, 0.4) is 0 Å². The highest BCUT2D eigenvalue weighted by Crippen LogP contribution is 2.41. The molecule has 10 aromatic rings. The first-order valence-corrected chi connectivity index (χ1v) is 18.9. The molecule has 0 aliphatic carbocycles. The Morgan fingerprint density at radius 3 is 1.24 bits per heavy atom. The van der Waals surface area contributed by atoms with Crippen molar-refractivity contribution in [2.24, 2.45) is 0 Å². The fourth-order valence-electron chi connectivity index (χ4n) is 7.33. The van der Waals surface area contributed by atoms with Crippen molar-refractivity contribution in [2.45, 2.75) is 0 Å². The fourth-order valence-corrected chi connectivity index (χ4v) is 9.46. The average Bonchev–Trinajstić information content (AvgIpc) is 3.84. The van der Waals surface area contributed by atoms with Crippen molar-refractivity contribution < 1.29 is 0 Å². The van der Waals surface area contributed by atoms with E-state index in [-0.39, 0.29) is 0 Å². The predicted octanol–water partition coefficient (Wildman–Crippen LogP) is 14.9. The number of fused-ring (bicyclic) bond motifs is 5. The molecule has 0 saturated carbocycles. The van der Waals surface area contributed by atoms with Gasteiger partial charge in [-0.1, -0.05) is 121 Å². The highest BCUT2D eigenvalue weighted by molar-refractivity contribution is 7.22. The molecule has 0 aliphatic heterocycles. The Balaban J connectivity index is 1.05. The molecule has 0 atom stereocenters. The summed E-state index contributed by atoms with van der Waals surface area (Å²) in [5, 5.41) is 7.69. The van der Waals surface area contributed by atoms with Gasteiger partial charge in [0, 0.05) is 36.2 Å². The van der Waals surface area contributed by atoms with E-state index in [1.165, 1.54) is 73.7 Å². The molecule has 8 aromatic carbocycles. The highest BCUT2D eigenvalue weighted by atomic mass is 32.1. The van der Waals surface area contributed by atoms with E-state index in [0.717, 1.165) is 17.1 Å². The van der Waals surface area contributed by atoms with Crippen LogP contribution in [0.1, 0.15) is 0 Å². The number of thiophene rings is 2. The molecule has 2 heterocycles. The largest absolute Gasteiger partial charge is 0.311 e. The molecule has 0 bridgehead atoms. The minimum Gasteiger partial charge on any atom is -0.311 e. The van der Waals surface area contributed by atoms with E-state index in [1.54, 1.807) is 0 Å². The van der Waals surface area contributed by atoms with Crippen LogP contribution in [0, 0.1) is 0 Å². The van der Waals surface area contributed by atoms with Crippen molar-refractivity contribution in [2.75, 3.05) is 4.90 Å². The Morgan fingerprint density at radius 2 is 0.725 bits per heavy atom. The van der Waals surface area contributed by atoms with Gasteiger partial charge in [0.2, 0.25) is 0 Å². The van der Waals surface area contributed by atoms with Crippen molar-refractivity contribution in [1.82, 2.24) is 0 Å². The Kier molecular flexibility index (Phi) is 7.26. The second-order valence-electron chi connectivity index (χ2n) is 13.0. The van der Waals surface area contributed by atoms with Crippen molar-refractivity contribution in [3.8, 4) is 32.0 Å². The first-order valence-electron chi connectivity index (χ1n) is 17.2. The molecule has 0 spiro atoms. The Hall–Kier alpha value is -6.00. The van der Waals surface area contributed by atoms with E-state index in [9.17, 15) is 0 Å². The Morgan fingerprint density at radius 1 is 0.314 bits per heavy atom. The third-order valence-corrected chi connectivity index (χ3v) is 12.2. The molecule has 0 unspecified atom stereocenters. The second-order valence-corrected chi connectivity index (χ2v) is 15.1. The van der Waals surface area contributed by atoms with E-state index in [4.69, 9.17) is 0 Å². The second kappa shape index (κ2) is 12.4. The molecule has 51 heavy (non-hydrogen) atoms. The predicted molar refractivity (Wildman–Crippen MR) is 223 cm³/mol. The normalized spacial score (nSPS) is 11.5. The van der Waals surface area contributed by atoms with Crippen LogP contribution in [0.4, 0.5) is 17.1 Å². The number of anilines is 3. The molecular formula is C48H31NS2. The summed E-state index contributed by atoms with van der Waals surface area (Å²) in [5.74, 6) is 0. The highest BCUT2D eigenvalue weighted by Gasteiger charge is 2.16. The SMILES string of the molecule is c1ccc2sc(-c3ccc(N(c4ccc(-c5cc6ccccc6s5)cc4)c4ccc(-c5cc6ccccc6c6ccccc56)cc4)cc3)cc2c1. The zero-order chi connectivity index (χ0) is 33.7. The zero-order valence-corrected chi connectivity index (χ0v) is 29.3. The van der Waals surface area contributed by atoms with Gasteiger partial charge in [-0.25, -0.2) is 0 Å². The van der Waals surface area contributed by atoms with Gasteiger partial charge >= 0.3 is 0 Å². The van der Waals surface area contributed by atoms with Gasteiger partial charge in [-0.15, -0.1) is 22.7 Å². The molecule has 0 aliphatic rings. The monoisotopic (exact) mass is 685 g/mol. The maximum atomic E-state index is 2.37. The average molecular weight is 686 g/mol. The fraction of sp³-hybridized carbons (Fsp3) is 0. The standard InChI is InChI=1S/C48H31NS2/c1-4-12-41-35(9-1)29-44(43-14-6-5-13-42(41)43)32-17-23-38(24-18-32)49(39-25-19-33(20-26-39)47-30-36-10-2-7-15-45(36)50-47)40-27-21-34(22-28-40)48-31-37-11-3-8-16-46(37)51-48/h1-31H. The quantitative estimate of drug-likeness (QED) is 0.158. The van der Waals surface area contributed by atoms with Crippen LogP contribution >= 0.6 is 22.7 Å². The molecule has 0 radical (unpaired) electrons. The number of benzene rings is 8. The first kappa shape index (κ1) is 29.9. The van der Waals surface area contributed by atoms with E-state index in [1.807, 2.05) is 22.7 Å². The number of hydrogen-bond donors (Lipinski definition) is 0. The van der Waals surface area contributed by atoms with E-state index in [2.05, 4.69) is 193 Å². The third-order valence-electron chi connectivity index (χ3n) is 9.88. The van der Waals surface area contributed by atoms with E-state index in [0.29, 0.717) is 0 Å². The minimum absolute atomic E-state index is 1.12. The lowest BCUT2D eigenvalue weighted by Gasteiger charge is -2.26. The maximum absolute atomic E-state index is 2.37. The molecule has 1 nitrogen and oxygen atoms in total. The lowest BCUT2D eigenvalue weighted by Crippen LogP contribution is -2.09. The lowest BCUT2D eigenvalue weighted by atomic mass is 9.93. The van der Waals surface area contributed by atoms with Gasteiger partial charge < -0.3 is 4.90 Å². The zero-order valence-electron chi connectivity index (χ0n) is 27.7. The van der Waals surface area contributed by atoms with Gasteiger partial charge in [-0.05, 0) is 121 Å². The molecule has 3 heteroatoms. The van der Waals surface area contributed by atoms with Crippen LogP contribution in [-0.4, -0.2) is 0 Å². The summed E-state index contributed by atoms with van der Waals surface area (Å²) in [4.78, 5) is 4.94. The van der Waals surface area contributed by atoms with Crippen LogP contribution in [0.25, 0.3) is 73.7 Å². The summed E-state index contributed by atoms with van der Waals surface area (Å²) in [6, 6.07) is 68.7. The molecule has 2 aromatic heterocycles. The third kappa shape index (κ3) is 5.39. The Bertz CT molecular complexity index is 2660. The summed E-state index contributed by atoms with van der Waals surface area (Å²) >= 11 is 3.69. The molecule has 0 fully saturated rings. The summed E-state index contributed by atoms with van der Waals surface area (Å²) in [6.45, 7) is 0. The summed E-state index contributed by atoms with van der Waals surface area (Å²) in [5.41, 5.74) is 8.30. The molecule has 0 saturated heterocycles. The van der Waals surface area contributed by atoms with Crippen LogP contribution in [-0.2, 0) is 0 Å². The summed E-state index contributed by atoms with van der Waals surface area (Å²) in [6.07, 6.45) is 0. The van der Waals surface area contributed by atoms with Gasteiger partial charge in [0.05, 0.1) is 0 Å². The minimum atomic E-state index is 1.12. The molecule has 0 amide bonds. The molecule has 240 valence electrons. The van der Waals surface area contributed by atoms with E-state index < -0.39 is 0 Å². The van der Waals surface area contributed by atoms with Crippen molar-refractivity contribution in [3.05, 3.63) is 188 Å². The molecule has 0 N–H and O–H groups in total. The van der Waals surface area contributed by atoms with Crippen LogP contribution < -0.4 is 4.90 Å². The maximum Gasteiger partial charge on any atom is 0.0462 e. The first-order chi connectivity index (χ1) is 25.2. The summed E-state index contributed by atoms with van der Waals surface area (Å²) in [7, 11) is 0. The van der Waals surface area contributed by atoms with Crippen LogP contribution in [0.5, 0.6) is 0 Å². The lowest BCUT2D eigenvalue weighted by molar-refractivity contribution is 1.28. The van der Waals surface area contributed by atoms with Crippen molar-refractivity contribution in [3.63, 3.8) is 0 Å². The van der Waals surface area contributed by atoms with E-state index >= 15 is 0 Å². The van der Waals surface area contributed by atoms with Crippen LogP contribution in [0.2, 0.25) is 0 Å².